The number of ketones is 1. The van der Waals surface area contributed by atoms with Crippen molar-refractivity contribution in [3.63, 3.8) is 0 Å². The molecule has 0 heterocycles. The number of Topliss-reactive ketones (excluding diaryl/α,β-unsaturated/α-hetero) is 1. The maximum atomic E-state index is 12.7. The zero-order valence-electron chi connectivity index (χ0n) is 9.70. The predicted molar refractivity (Wildman–Crippen MR) is 60.8 cm³/mol. The number of benzene rings is 1. The minimum Gasteiger partial charge on any atom is -0.371 e. The van der Waals surface area contributed by atoms with Crippen LogP contribution in [0.15, 0.2) is 24.3 Å². The first kappa shape index (κ1) is 12.8. The summed E-state index contributed by atoms with van der Waals surface area (Å²) >= 11 is 0. The number of carbonyl (C=O) groups is 1. The lowest BCUT2D eigenvalue weighted by atomic mass is 10.0. The molecule has 0 N–H and O–H groups in total. The summed E-state index contributed by atoms with van der Waals surface area (Å²) in [6.07, 6.45) is 0.641. The molecule has 1 rings (SSSR count). The van der Waals surface area contributed by atoms with E-state index < -0.39 is 0 Å². The normalized spacial score (nSPS) is 12.4. The Morgan fingerprint density at radius 1 is 1.31 bits per heavy atom. The summed E-state index contributed by atoms with van der Waals surface area (Å²) in [4.78, 5) is 11.8. The second kappa shape index (κ2) is 6.38. The third kappa shape index (κ3) is 3.74. The van der Waals surface area contributed by atoms with Gasteiger partial charge < -0.3 is 4.74 Å². The van der Waals surface area contributed by atoms with Crippen molar-refractivity contribution in [2.24, 2.45) is 0 Å². The lowest BCUT2D eigenvalue weighted by Crippen LogP contribution is -2.25. The van der Waals surface area contributed by atoms with Crippen LogP contribution in [0.25, 0.3) is 0 Å². The smallest absolute Gasteiger partial charge is 0.165 e. The number of rotatable bonds is 6. The molecule has 16 heavy (non-hydrogen) atoms. The van der Waals surface area contributed by atoms with E-state index in [2.05, 4.69) is 0 Å². The van der Waals surface area contributed by atoms with E-state index in [1.165, 1.54) is 12.1 Å². The van der Waals surface area contributed by atoms with E-state index in [0.717, 1.165) is 5.56 Å². The Morgan fingerprint density at radius 2 is 1.94 bits per heavy atom. The summed E-state index contributed by atoms with van der Waals surface area (Å²) in [5, 5.41) is 0. The standard InChI is InChI=1S/C13H17FO2/c1-3-13(16-4-2)12(15)9-10-5-7-11(14)8-6-10/h5-8,13H,3-4,9H2,1-2H3. The second-order valence-corrected chi connectivity index (χ2v) is 3.62. The Morgan fingerprint density at radius 3 is 2.44 bits per heavy atom. The molecular formula is C13H17FO2. The molecule has 0 aliphatic heterocycles. The van der Waals surface area contributed by atoms with Gasteiger partial charge in [-0.25, -0.2) is 4.39 Å². The minimum absolute atomic E-state index is 0.0518. The van der Waals surface area contributed by atoms with Crippen molar-refractivity contribution in [2.75, 3.05) is 6.61 Å². The first-order valence-electron chi connectivity index (χ1n) is 5.56. The van der Waals surface area contributed by atoms with Crippen LogP contribution >= 0.6 is 0 Å². The van der Waals surface area contributed by atoms with Crippen LogP contribution in [0, 0.1) is 5.82 Å². The first-order valence-corrected chi connectivity index (χ1v) is 5.56. The van der Waals surface area contributed by atoms with Gasteiger partial charge in [0.15, 0.2) is 5.78 Å². The van der Waals surface area contributed by atoms with Crippen LogP contribution in [0.2, 0.25) is 0 Å². The summed E-state index contributed by atoms with van der Waals surface area (Å²) in [6.45, 7) is 4.32. The van der Waals surface area contributed by atoms with Crippen molar-refractivity contribution in [1.82, 2.24) is 0 Å². The topological polar surface area (TPSA) is 26.3 Å². The van der Waals surface area contributed by atoms with Crippen LogP contribution in [0.1, 0.15) is 25.8 Å². The van der Waals surface area contributed by atoms with Gasteiger partial charge in [-0.2, -0.15) is 0 Å². The van der Waals surface area contributed by atoms with Crippen molar-refractivity contribution in [3.8, 4) is 0 Å². The fourth-order valence-corrected chi connectivity index (χ4v) is 1.56. The second-order valence-electron chi connectivity index (χ2n) is 3.62. The Kier molecular flexibility index (Phi) is 5.12. The Hall–Kier alpha value is -1.22. The van der Waals surface area contributed by atoms with E-state index in [-0.39, 0.29) is 17.7 Å². The monoisotopic (exact) mass is 224 g/mol. The Labute approximate surface area is 95.4 Å². The van der Waals surface area contributed by atoms with Gasteiger partial charge in [-0.15, -0.1) is 0 Å². The van der Waals surface area contributed by atoms with Crippen LogP contribution in [0.5, 0.6) is 0 Å². The quantitative estimate of drug-likeness (QED) is 0.742. The lowest BCUT2D eigenvalue weighted by molar-refractivity contribution is -0.129. The molecule has 1 aromatic carbocycles. The molecule has 2 nitrogen and oxygen atoms in total. The molecule has 1 unspecified atom stereocenters. The molecule has 1 aromatic rings. The highest BCUT2D eigenvalue weighted by Crippen LogP contribution is 2.08. The molecule has 88 valence electrons. The van der Waals surface area contributed by atoms with Gasteiger partial charge in [-0.1, -0.05) is 19.1 Å². The van der Waals surface area contributed by atoms with Gasteiger partial charge in [-0.3, -0.25) is 4.79 Å². The van der Waals surface area contributed by atoms with E-state index in [4.69, 9.17) is 4.74 Å². The molecule has 1 atom stereocenters. The molecule has 0 fully saturated rings. The van der Waals surface area contributed by atoms with Crippen molar-refractivity contribution in [1.29, 1.82) is 0 Å². The summed E-state index contributed by atoms with van der Waals surface area (Å²) in [5.41, 5.74) is 0.824. The molecule has 0 aromatic heterocycles. The van der Waals surface area contributed by atoms with Crippen molar-refractivity contribution in [2.45, 2.75) is 32.8 Å². The average molecular weight is 224 g/mol. The molecule has 0 radical (unpaired) electrons. The van der Waals surface area contributed by atoms with Crippen LogP contribution in [-0.2, 0) is 16.0 Å². The fraction of sp³-hybridized carbons (Fsp3) is 0.462. The van der Waals surface area contributed by atoms with E-state index >= 15 is 0 Å². The lowest BCUT2D eigenvalue weighted by Gasteiger charge is -2.13. The number of hydrogen-bond donors (Lipinski definition) is 0. The highest BCUT2D eigenvalue weighted by atomic mass is 19.1. The number of hydrogen-bond acceptors (Lipinski definition) is 2. The van der Waals surface area contributed by atoms with Gasteiger partial charge in [0.05, 0.1) is 0 Å². The zero-order chi connectivity index (χ0) is 12.0. The van der Waals surface area contributed by atoms with Gasteiger partial charge in [0.25, 0.3) is 0 Å². The Balaban J connectivity index is 2.59. The molecule has 0 saturated heterocycles. The largest absolute Gasteiger partial charge is 0.371 e. The van der Waals surface area contributed by atoms with Gasteiger partial charge in [-0.05, 0) is 31.0 Å². The maximum absolute atomic E-state index is 12.7. The van der Waals surface area contributed by atoms with Gasteiger partial charge >= 0.3 is 0 Å². The summed E-state index contributed by atoms with van der Waals surface area (Å²) in [5.74, 6) is -0.232. The fourth-order valence-electron chi connectivity index (χ4n) is 1.56. The molecule has 3 heteroatoms. The Bertz CT molecular complexity index is 332. The van der Waals surface area contributed by atoms with Crippen LogP contribution in [0.4, 0.5) is 4.39 Å². The maximum Gasteiger partial charge on any atom is 0.165 e. The molecule has 0 saturated carbocycles. The summed E-state index contributed by atoms with van der Waals surface area (Å²) in [7, 11) is 0. The SMILES string of the molecule is CCOC(CC)C(=O)Cc1ccc(F)cc1. The van der Waals surface area contributed by atoms with E-state index in [1.54, 1.807) is 12.1 Å². The van der Waals surface area contributed by atoms with Crippen molar-refractivity contribution >= 4 is 5.78 Å². The van der Waals surface area contributed by atoms with Crippen molar-refractivity contribution in [3.05, 3.63) is 35.6 Å². The number of carbonyl (C=O) groups excluding carboxylic acids is 1. The third-order valence-corrected chi connectivity index (χ3v) is 2.39. The third-order valence-electron chi connectivity index (χ3n) is 2.39. The number of ether oxygens (including phenoxy) is 1. The van der Waals surface area contributed by atoms with Crippen LogP contribution in [0.3, 0.4) is 0 Å². The van der Waals surface area contributed by atoms with Gasteiger partial charge in [0.2, 0.25) is 0 Å². The molecule has 0 aliphatic carbocycles. The summed E-state index contributed by atoms with van der Waals surface area (Å²) < 4.78 is 18.0. The zero-order valence-corrected chi connectivity index (χ0v) is 9.70. The molecule has 0 bridgehead atoms. The van der Waals surface area contributed by atoms with E-state index in [9.17, 15) is 9.18 Å². The molecule has 0 amide bonds. The molecule has 0 spiro atoms. The molecule has 0 aliphatic rings. The van der Waals surface area contributed by atoms with Crippen molar-refractivity contribution < 1.29 is 13.9 Å². The highest BCUT2D eigenvalue weighted by Gasteiger charge is 2.16. The number of halogens is 1. The molecular weight excluding hydrogens is 207 g/mol. The van der Waals surface area contributed by atoms with Gasteiger partial charge in [0.1, 0.15) is 11.9 Å². The van der Waals surface area contributed by atoms with Gasteiger partial charge in [0, 0.05) is 13.0 Å². The van der Waals surface area contributed by atoms with Crippen LogP contribution in [-0.4, -0.2) is 18.5 Å². The van der Waals surface area contributed by atoms with Crippen LogP contribution < -0.4 is 0 Å². The average Bonchev–Trinajstić information content (AvgIpc) is 2.29. The minimum atomic E-state index is -0.338. The van der Waals surface area contributed by atoms with E-state index in [0.29, 0.717) is 19.4 Å². The highest BCUT2D eigenvalue weighted by molar-refractivity contribution is 5.85. The summed E-state index contributed by atoms with van der Waals surface area (Å²) in [6, 6.07) is 5.99. The first-order chi connectivity index (χ1) is 7.67. The predicted octanol–water partition coefficient (Wildman–Crippen LogP) is 2.75. The van der Waals surface area contributed by atoms with E-state index in [1.807, 2.05) is 13.8 Å².